The predicted molar refractivity (Wildman–Crippen MR) is 95.9 cm³/mol. The van der Waals surface area contributed by atoms with Gasteiger partial charge >= 0.3 is 0 Å². The van der Waals surface area contributed by atoms with Gasteiger partial charge < -0.3 is 19.9 Å². The molecular weight excluding hydrogens is 344 g/mol. The third-order valence-corrected chi connectivity index (χ3v) is 4.73. The van der Waals surface area contributed by atoms with Gasteiger partial charge in [-0.15, -0.1) is 5.10 Å². The monoisotopic (exact) mass is 358 g/mol. The summed E-state index contributed by atoms with van der Waals surface area (Å²) in [6.45, 7) is 0.182. The molecule has 1 aromatic heterocycles. The Bertz CT molecular complexity index is 1110. The lowest BCUT2D eigenvalue weighted by Gasteiger charge is -2.24. The smallest absolute Gasteiger partial charge is 0.244 e. The van der Waals surface area contributed by atoms with Crippen molar-refractivity contribution in [1.82, 2.24) is 10.2 Å². The van der Waals surface area contributed by atoms with Crippen LogP contribution >= 0.6 is 0 Å². The summed E-state index contributed by atoms with van der Waals surface area (Å²) in [5.74, 6) is 1.31. The fourth-order valence-electron chi connectivity index (χ4n) is 3.50. The standard InChI is InChI=1S/C20H14N4O3/c21-9-13-16(12-6-7-14-15(8-12)26-10-25-14)17-18(11-4-2-1-3-5-11)23-24-20(17)27-19(13)22/h1-8,16H,10,22H2,(H,23,24)/t16-/m1/s1. The van der Waals surface area contributed by atoms with Crippen molar-refractivity contribution >= 4 is 0 Å². The number of rotatable bonds is 2. The molecule has 2 aliphatic heterocycles. The Morgan fingerprint density at radius 2 is 1.93 bits per heavy atom. The average molecular weight is 358 g/mol. The Balaban J connectivity index is 1.73. The highest BCUT2D eigenvalue weighted by Gasteiger charge is 2.36. The van der Waals surface area contributed by atoms with Crippen molar-refractivity contribution in [1.29, 1.82) is 5.26 Å². The normalized spacial score (nSPS) is 17.2. The number of nitrogens with one attached hydrogen (secondary N) is 1. The van der Waals surface area contributed by atoms with E-state index in [0.29, 0.717) is 23.0 Å². The van der Waals surface area contributed by atoms with E-state index in [0.717, 1.165) is 22.4 Å². The highest BCUT2D eigenvalue weighted by atomic mass is 16.7. The molecule has 3 N–H and O–H groups in total. The largest absolute Gasteiger partial charge is 0.454 e. The molecule has 7 nitrogen and oxygen atoms in total. The fourth-order valence-corrected chi connectivity index (χ4v) is 3.50. The number of aromatic nitrogens is 2. The molecule has 0 saturated heterocycles. The van der Waals surface area contributed by atoms with E-state index >= 15 is 0 Å². The third-order valence-electron chi connectivity index (χ3n) is 4.73. The van der Waals surface area contributed by atoms with Crippen LogP contribution in [0, 0.1) is 11.3 Å². The van der Waals surface area contributed by atoms with Gasteiger partial charge in [-0.3, -0.25) is 5.10 Å². The molecule has 0 bridgehead atoms. The van der Waals surface area contributed by atoms with Gasteiger partial charge in [-0.05, 0) is 23.3 Å². The van der Waals surface area contributed by atoms with E-state index in [1.165, 1.54) is 0 Å². The zero-order valence-electron chi connectivity index (χ0n) is 14.1. The lowest BCUT2D eigenvalue weighted by molar-refractivity contribution is 0.174. The SMILES string of the molecule is N#CC1=C(N)Oc2n[nH]c(-c3ccccc3)c2[C@@H]1c1ccc2c(c1)OCO2. The van der Waals surface area contributed by atoms with Gasteiger partial charge in [0.2, 0.25) is 18.6 Å². The number of H-pyrrole nitrogens is 1. The van der Waals surface area contributed by atoms with E-state index < -0.39 is 5.92 Å². The fraction of sp³-hybridized carbons (Fsp3) is 0.100. The molecule has 0 aliphatic carbocycles. The minimum atomic E-state index is -0.429. The van der Waals surface area contributed by atoms with Crippen LogP contribution in [0.1, 0.15) is 17.0 Å². The zero-order chi connectivity index (χ0) is 18.4. The number of hydrogen-bond acceptors (Lipinski definition) is 6. The molecule has 2 aliphatic rings. The number of ether oxygens (including phenoxy) is 3. The molecule has 0 fully saturated rings. The Morgan fingerprint density at radius 3 is 2.74 bits per heavy atom. The van der Waals surface area contributed by atoms with E-state index in [1.807, 2.05) is 48.5 Å². The van der Waals surface area contributed by atoms with Crippen molar-refractivity contribution in [3.63, 3.8) is 0 Å². The Hall–Kier alpha value is -3.92. The maximum atomic E-state index is 9.76. The number of fused-ring (bicyclic) bond motifs is 2. The molecule has 2 aromatic carbocycles. The van der Waals surface area contributed by atoms with Gasteiger partial charge in [-0.1, -0.05) is 36.4 Å². The quantitative estimate of drug-likeness (QED) is 0.729. The minimum Gasteiger partial charge on any atom is -0.454 e. The summed E-state index contributed by atoms with van der Waals surface area (Å²) >= 11 is 0. The second-order valence-electron chi connectivity index (χ2n) is 6.22. The maximum absolute atomic E-state index is 9.76. The van der Waals surface area contributed by atoms with Gasteiger partial charge in [-0.2, -0.15) is 5.26 Å². The molecule has 0 saturated carbocycles. The van der Waals surface area contributed by atoms with Gasteiger partial charge in [0, 0.05) is 0 Å². The van der Waals surface area contributed by atoms with Crippen LogP contribution in [0.4, 0.5) is 0 Å². The van der Waals surface area contributed by atoms with E-state index in [1.54, 1.807) is 0 Å². The first-order chi connectivity index (χ1) is 13.3. The van der Waals surface area contributed by atoms with Crippen molar-refractivity contribution < 1.29 is 14.2 Å². The first-order valence-corrected chi connectivity index (χ1v) is 8.37. The van der Waals surface area contributed by atoms with Crippen molar-refractivity contribution in [2.45, 2.75) is 5.92 Å². The molecule has 27 heavy (non-hydrogen) atoms. The van der Waals surface area contributed by atoms with Crippen LogP contribution in [-0.4, -0.2) is 17.0 Å². The topological polar surface area (TPSA) is 106 Å². The third kappa shape index (κ3) is 2.31. The van der Waals surface area contributed by atoms with Crippen molar-refractivity contribution in [2.75, 3.05) is 6.79 Å². The Kier molecular flexibility index (Phi) is 3.30. The molecule has 3 heterocycles. The number of benzene rings is 2. The summed E-state index contributed by atoms with van der Waals surface area (Å²) in [6, 6.07) is 17.6. The molecule has 0 spiro atoms. The summed E-state index contributed by atoms with van der Waals surface area (Å²) in [6.07, 6.45) is 0. The highest BCUT2D eigenvalue weighted by molar-refractivity contribution is 5.71. The van der Waals surface area contributed by atoms with E-state index in [4.69, 9.17) is 19.9 Å². The van der Waals surface area contributed by atoms with Gasteiger partial charge in [-0.25, -0.2) is 0 Å². The number of nitriles is 1. The van der Waals surface area contributed by atoms with Crippen molar-refractivity contribution in [3.8, 4) is 34.7 Å². The minimum absolute atomic E-state index is 0.0544. The Morgan fingerprint density at radius 1 is 1.11 bits per heavy atom. The van der Waals surface area contributed by atoms with Gasteiger partial charge in [0.05, 0.1) is 17.2 Å². The second kappa shape index (κ2) is 5.81. The molecule has 0 amide bonds. The lowest BCUT2D eigenvalue weighted by atomic mass is 9.83. The average Bonchev–Trinajstić information content (AvgIpc) is 3.33. The van der Waals surface area contributed by atoms with Crippen LogP contribution in [0.3, 0.4) is 0 Å². The van der Waals surface area contributed by atoms with E-state index in [-0.39, 0.29) is 12.7 Å². The maximum Gasteiger partial charge on any atom is 0.244 e. The van der Waals surface area contributed by atoms with E-state index in [2.05, 4.69) is 16.3 Å². The zero-order valence-corrected chi connectivity index (χ0v) is 14.1. The first-order valence-electron chi connectivity index (χ1n) is 8.37. The molecule has 7 heteroatoms. The van der Waals surface area contributed by atoms with Gasteiger partial charge in [0.25, 0.3) is 0 Å². The molecule has 132 valence electrons. The summed E-state index contributed by atoms with van der Waals surface area (Å²) < 4.78 is 16.5. The van der Waals surface area contributed by atoms with Crippen molar-refractivity contribution in [2.24, 2.45) is 5.73 Å². The molecule has 0 radical (unpaired) electrons. The van der Waals surface area contributed by atoms with Crippen LogP contribution < -0.4 is 19.9 Å². The molecule has 3 aromatic rings. The van der Waals surface area contributed by atoms with E-state index in [9.17, 15) is 5.26 Å². The molecular formula is C20H14N4O3. The van der Waals surface area contributed by atoms with Crippen LogP contribution in [0.5, 0.6) is 17.4 Å². The number of aromatic amines is 1. The summed E-state index contributed by atoms with van der Waals surface area (Å²) in [5.41, 5.74) is 9.70. The van der Waals surface area contributed by atoms with Crippen LogP contribution in [0.2, 0.25) is 0 Å². The molecule has 1 atom stereocenters. The number of hydrogen-bond donors (Lipinski definition) is 2. The summed E-state index contributed by atoms with van der Waals surface area (Å²) in [7, 11) is 0. The second-order valence-corrected chi connectivity index (χ2v) is 6.22. The summed E-state index contributed by atoms with van der Waals surface area (Å²) in [5, 5.41) is 17.1. The van der Waals surface area contributed by atoms with Gasteiger partial charge in [0.1, 0.15) is 11.6 Å². The number of nitrogens with zero attached hydrogens (tertiary/aromatic N) is 2. The van der Waals surface area contributed by atoms with Crippen LogP contribution in [0.25, 0.3) is 11.3 Å². The van der Waals surface area contributed by atoms with Gasteiger partial charge in [0.15, 0.2) is 11.5 Å². The summed E-state index contributed by atoms with van der Waals surface area (Å²) in [4.78, 5) is 0. The van der Waals surface area contributed by atoms with Crippen molar-refractivity contribution in [3.05, 3.63) is 71.1 Å². The highest BCUT2D eigenvalue weighted by Crippen LogP contribution is 2.47. The molecule has 5 rings (SSSR count). The molecule has 0 unspecified atom stereocenters. The number of allylic oxidation sites excluding steroid dienone is 1. The van der Waals surface area contributed by atoms with Crippen LogP contribution in [0.15, 0.2) is 60.0 Å². The Labute approximate surface area is 154 Å². The lowest BCUT2D eigenvalue weighted by Crippen LogP contribution is -2.21. The number of nitrogens with two attached hydrogens (primary N) is 1. The first kappa shape index (κ1) is 15.3. The predicted octanol–water partition coefficient (Wildman–Crippen LogP) is 3.02. The van der Waals surface area contributed by atoms with Crippen LogP contribution in [-0.2, 0) is 0 Å².